The third kappa shape index (κ3) is 5.63. The highest BCUT2D eigenvalue weighted by molar-refractivity contribution is 6.19. The Hall–Kier alpha value is -6.25. The quantitative estimate of drug-likeness (QED) is 0.132. The number of benzene rings is 6. The smallest absolute Gasteiger partial charge is 0.131 e. The van der Waals surface area contributed by atoms with Gasteiger partial charge in [-0.1, -0.05) is 158 Å². The third-order valence-electron chi connectivity index (χ3n) is 11.5. The summed E-state index contributed by atoms with van der Waals surface area (Å²) in [5.41, 5.74) is 27.9. The van der Waals surface area contributed by atoms with Gasteiger partial charge in [-0.15, -0.1) is 0 Å². The summed E-state index contributed by atoms with van der Waals surface area (Å²) in [7, 11) is 0. The Morgan fingerprint density at radius 2 is 1.36 bits per heavy atom. The second kappa shape index (κ2) is 13.1. The van der Waals surface area contributed by atoms with Crippen molar-refractivity contribution < 1.29 is 0 Å². The molecule has 0 saturated heterocycles. The summed E-state index contributed by atoms with van der Waals surface area (Å²) in [4.78, 5) is 5.21. The van der Waals surface area contributed by atoms with Crippen molar-refractivity contribution in [3.8, 4) is 22.3 Å². The Labute approximate surface area is 311 Å². The van der Waals surface area contributed by atoms with Crippen LogP contribution in [0.3, 0.4) is 0 Å². The van der Waals surface area contributed by atoms with Gasteiger partial charge in [0.1, 0.15) is 5.84 Å². The first-order chi connectivity index (χ1) is 26.2. The van der Waals surface area contributed by atoms with Gasteiger partial charge >= 0.3 is 0 Å². The van der Waals surface area contributed by atoms with Crippen LogP contribution in [0, 0.1) is 0 Å². The van der Waals surface area contributed by atoms with Crippen LogP contribution in [0.4, 0.5) is 0 Å². The van der Waals surface area contributed by atoms with E-state index in [1.54, 1.807) is 0 Å². The highest BCUT2D eigenvalue weighted by atomic mass is 14.9. The maximum atomic E-state index is 6.84. The first kappa shape index (κ1) is 31.5. The molecule has 4 aliphatic rings. The van der Waals surface area contributed by atoms with Crippen LogP contribution in [0.2, 0.25) is 0 Å². The number of rotatable bonds is 7. The molecular formula is C51H40N2. The molecule has 10 rings (SSSR count). The molecule has 0 aromatic heterocycles. The highest BCUT2D eigenvalue weighted by Crippen LogP contribution is 2.54. The summed E-state index contributed by atoms with van der Waals surface area (Å²) >= 11 is 0. The number of nitrogens with zero attached hydrogens (tertiary/aromatic N) is 1. The van der Waals surface area contributed by atoms with Gasteiger partial charge in [0.25, 0.3) is 0 Å². The van der Waals surface area contributed by atoms with E-state index in [-0.39, 0.29) is 0 Å². The lowest BCUT2D eigenvalue weighted by molar-refractivity contribution is 0.959. The SMILES string of the molecule is NC(=N/C(=C\Cc1ccc(-c2ccccc2)cc1)C1=CC2=C(CC1)c1c(cc3cccc4c3c1C1=C4CCC=C1)C2)c1ccc(-c2ccccc2)cc1. The summed E-state index contributed by atoms with van der Waals surface area (Å²) in [5.74, 6) is 0.543. The fourth-order valence-corrected chi connectivity index (χ4v) is 8.92. The lowest BCUT2D eigenvalue weighted by Gasteiger charge is -2.20. The fourth-order valence-electron chi connectivity index (χ4n) is 8.92. The van der Waals surface area contributed by atoms with E-state index in [0.29, 0.717) is 5.84 Å². The van der Waals surface area contributed by atoms with Gasteiger partial charge in [-0.05, 0) is 127 Å². The van der Waals surface area contributed by atoms with Crippen LogP contribution in [-0.4, -0.2) is 5.84 Å². The number of nitrogens with two attached hydrogens (primary N) is 1. The van der Waals surface area contributed by atoms with E-state index >= 15 is 0 Å². The van der Waals surface area contributed by atoms with Gasteiger partial charge in [0.2, 0.25) is 0 Å². The lowest BCUT2D eigenvalue weighted by atomic mass is 9.86. The van der Waals surface area contributed by atoms with E-state index < -0.39 is 0 Å². The van der Waals surface area contributed by atoms with Crippen molar-refractivity contribution in [1.29, 1.82) is 0 Å². The fraction of sp³-hybridized carbons (Fsp3) is 0.118. The van der Waals surface area contributed by atoms with Crippen LogP contribution >= 0.6 is 0 Å². The van der Waals surface area contributed by atoms with Gasteiger partial charge in [0.05, 0.1) is 5.70 Å². The largest absolute Gasteiger partial charge is 0.383 e. The van der Waals surface area contributed by atoms with Crippen molar-refractivity contribution in [1.82, 2.24) is 0 Å². The van der Waals surface area contributed by atoms with Crippen molar-refractivity contribution in [2.24, 2.45) is 10.7 Å². The molecule has 0 radical (unpaired) electrons. The molecule has 53 heavy (non-hydrogen) atoms. The number of aliphatic imine (C=N–C) groups is 1. The second-order valence-corrected chi connectivity index (χ2v) is 14.7. The number of fused-ring (bicyclic) bond motifs is 5. The minimum Gasteiger partial charge on any atom is -0.383 e. The number of allylic oxidation sites excluding steroid dienone is 9. The topological polar surface area (TPSA) is 38.4 Å². The Morgan fingerprint density at radius 3 is 2.09 bits per heavy atom. The van der Waals surface area contributed by atoms with E-state index in [4.69, 9.17) is 10.7 Å². The normalized spacial score (nSPS) is 16.2. The zero-order valence-electron chi connectivity index (χ0n) is 29.8. The van der Waals surface area contributed by atoms with Gasteiger partial charge in [0.15, 0.2) is 0 Å². The molecule has 6 aromatic rings. The molecule has 4 aliphatic carbocycles. The Kier molecular flexibility index (Phi) is 7.76. The van der Waals surface area contributed by atoms with Gasteiger partial charge in [-0.3, -0.25) is 0 Å². The molecule has 0 bridgehead atoms. The molecule has 0 unspecified atom stereocenters. The highest BCUT2D eigenvalue weighted by Gasteiger charge is 2.33. The molecule has 0 fully saturated rings. The summed E-state index contributed by atoms with van der Waals surface area (Å²) in [5, 5.41) is 2.83. The van der Waals surface area contributed by atoms with Crippen LogP contribution in [0.15, 0.2) is 180 Å². The predicted molar refractivity (Wildman–Crippen MR) is 223 cm³/mol. The first-order valence-corrected chi connectivity index (χ1v) is 18.9. The van der Waals surface area contributed by atoms with E-state index in [1.165, 1.54) is 88.7 Å². The first-order valence-electron chi connectivity index (χ1n) is 18.9. The maximum absolute atomic E-state index is 6.84. The van der Waals surface area contributed by atoms with Crippen LogP contribution in [0.5, 0.6) is 0 Å². The van der Waals surface area contributed by atoms with Crippen molar-refractivity contribution in [2.75, 3.05) is 0 Å². The molecule has 2 heteroatoms. The average molecular weight is 681 g/mol. The standard InChI is InChI=1S/C51H40N2/c52-51(38-25-23-37(24-26-38)35-12-5-2-6-13-35)53-47(29-20-33-18-21-36(22-19-33)34-10-3-1-4-11-34)39-27-28-43-41(30-39)32-42-31-40-14-9-17-45-44-15-7-8-16-46(44)50(48(40)45)49(42)43/h1-6,8-14,16-19,21-26,29-31H,7,15,20,27-28,32H2,(H2,52,53)/b47-29-. The van der Waals surface area contributed by atoms with Crippen molar-refractivity contribution in [3.63, 3.8) is 0 Å². The number of amidine groups is 1. The van der Waals surface area contributed by atoms with Gasteiger partial charge in [0, 0.05) is 5.56 Å². The van der Waals surface area contributed by atoms with Gasteiger partial charge < -0.3 is 5.73 Å². The van der Waals surface area contributed by atoms with E-state index in [1.807, 2.05) is 6.07 Å². The minimum absolute atomic E-state index is 0.543. The van der Waals surface area contributed by atoms with Crippen LogP contribution in [-0.2, 0) is 12.8 Å². The summed E-state index contributed by atoms with van der Waals surface area (Å²) in [6.45, 7) is 0. The molecule has 254 valence electrons. The Morgan fingerprint density at radius 1 is 0.660 bits per heavy atom. The lowest BCUT2D eigenvalue weighted by Crippen LogP contribution is -2.14. The molecule has 2 nitrogen and oxygen atoms in total. The summed E-state index contributed by atoms with van der Waals surface area (Å²) in [6.07, 6.45) is 15.4. The number of hydrogen-bond acceptors (Lipinski definition) is 1. The molecular weight excluding hydrogens is 641 g/mol. The monoisotopic (exact) mass is 680 g/mol. The van der Waals surface area contributed by atoms with Crippen molar-refractivity contribution in [2.45, 2.75) is 38.5 Å². The molecule has 0 heterocycles. The Bertz CT molecular complexity index is 2610. The van der Waals surface area contributed by atoms with Crippen LogP contribution in [0.25, 0.3) is 49.7 Å². The summed E-state index contributed by atoms with van der Waals surface area (Å²) < 4.78 is 0. The number of hydrogen-bond donors (Lipinski definition) is 1. The molecule has 0 amide bonds. The zero-order chi connectivity index (χ0) is 35.3. The van der Waals surface area contributed by atoms with Crippen molar-refractivity contribution in [3.05, 3.63) is 208 Å². The van der Waals surface area contributed by atoms with Gasteiger partial charge in [-0.2, -0.15) is 0 Å². The van der Waals surface area contributed by atoms with Crippen LogP contribution in [0.1, 0.15) is 59.1 Å². The molecule has 0 aliphatic heterocycles. The second-order valence-electron chi connectivity index (χ2n) is 14.7. The van der Waals surface area contributed by atoms with Crippen LogP contribution < -0.4 is 5.73 Å². The minimum atomic E-state index is 0.543. The molecule has 6 aromatic carbocycles. The van der Waals surface area contributed by atoms with E-state index in [9.17, 15) is 0 Å². The Balaban J connectivity index is 1.02. The van der Waals surface area contributed by atoms with Gasteiger partial charge in [-0.25, -0.2) is 4.99 Å². The average Bonchev–Trinajstić information content (AvgIpc) is 3.76. The van der Waals surface area contributed by atoms with E-state index in [0.717, 1.165) is 49.8 Å². The summed E-state index contributed by atoms with van der Waals surface area (Å²) in [6, 6.07) is 47.8. The molecule has 0 saturated carbocycles. The van der Waals surface area contributed by atoms with E-state index in [2.05, 4.69) is 152 Å². The molecule has 0 atom stereocenters. The molecule has 2 N–H and O–H groups in total. The maximum Gasteiger partial charge on any atom is 0.131 e. The zero-order valence-corrected chi connectivity index (χ0v) is 29.8. The third-order valence-corrected chi connectivity index (χ3v) is 11.5. The predicted octanol–water partition coefficient (Wildman–Crippen LogP) is 12.3. The molecule has 0 spiro atoms. The van der Waals surface area contributed by atoms with Crippen molar-refractivity contribution >= 4 is 33.3 Å².